The fourth-order valence-corrected chi connectivity index (χ4v) is 3.16. The van der Waals surface area contributed by atoms with Crippen molar-refractivity contribution in [1.29, 1.82) is 0 Å². The highest BCUT2D eigenvalue weighted by Crippen LogP contribution is 2.40. The maximum atomic E-state index is 13.7. The van der Waals surface area contributed by atoms with Crippen LogP contribution in [-0.2, 0) is 12.7 Å². The fourth-order valence-electron chi connectivity index (χ4n) is 3.16. The van der Waals surface area contributed by atoms with Crippen LogP contribution < -0.4 is 5.73 Å². The number of hydrogen-bond acceptors (Lipinski definition) is 2. The normalized spacial score (nSPS) is 11.9. The van der Waals surface area contributed by atoms with Gasteiger partial charge < -0.3 is 10.2 Å². The molecule has 0 radical (unpaired) electrons. The molecule has 0 fully saturated rings. The molecule has 27 heavy (non-hydrogen) atoms. The van der Waals surface area contributed by atoms with Crippen LogP contribution in [0, 0.1) is 0 Å². The lowest BCUT2D eigenvalue weighted by atomic mass is 9.96. The first-order valence-corrected chi connectivity index (χ1v) is 8.45. The van der Waals surface area contributed by atoms with Gasteiger partial charge in [0.1, 0.15) is 11.3 Å². The van der Waals surface area contributed by atoms with Crippen LogP contribution in [0.2, 0.25) is 0 Å². The minimum absolute atomic E-state index is 0.147. The van der Waals surface area contributed by atoms with Crippen LogP contribution in [0.15, 0.2) is 77.2 Å². The van der Waals surface area contributed by atoms with Crippen molar-refractivity contribution >= 4 is 11.0 Å². The molecule has 136 valence electrons. The van der Waals surface area contributed by atoms with Gasteiger partial charge in [-0.3, -0.25) is 0 Å². The summed E-state index contributed by atoms with van der Waals surface area (Å²) in [6.45, 7) is 0.389. The van der Waals surface area contributed by atoms with Crippen LogP contribution in [0.25, 0.3) is 33.4 Å². The Bertz CT molecular complexity index is 1100. The molecule has 1 heterocycles. The molecule has 4 aromatic rings. The molecule has 0 bridgehead atoms. The Kier molecular flexibility index (Phi) is 4.24. The van der Waals surface area contributed by atoms with Gasteiger partial charge in [0.2, 0.25) is 0 Å². The molecule has 0 aliphatic rings. The molecule has 1 aromatic heterocycles. The monoisotopic (exact) mass is 367 g/mol. The lowest BCUT2D eigenvalue weighted by Gasteiger charge is -2.14. The maximum absolute atomic E-state index is 13.7. The molecule has 0 aliphatic heterocycles. The molecule has 0 spiro atoms. The van der Waals surface area contributed by atoms with E-state index in [0.717, 1.165) is 17.0 Å². The zero-order chi connectivity index (χ0) is 19.0. The van der Waals surface area contributed by atoms with Crippen molar-refractivity contribution in [3.63, 3.8) is 0 Å². The number of halogens is 3. The second-order valence-corrected chi connectivity index (χ2v) is 6.31. The number of alkyl halides is 3. The first kappa shape index (κ1) is 17.4. The zero-order valence-corrected chi connectivity index (χ0v) is 14.3. The third-order valence-electron chi connectivity index (χ3n) is 4.51. The quantitative estimate of drug-likeness (QED) is 0.465. The molecule has 0 aliphatic carbocycles. The van der Waals surface area contributed by atoms with Crippen LogP contribution >= 0.6 is 0 Å². The molecule has 2 N–H and O–H groups in total. The smallest absolute Gasteiger partial charge is 0.417 e. The average molecular weight is 367 g/mol. The van der Waals surface area contributed by atoms with Crippen LogP contribution in [0.5, 0.6) is 0 Å². The van der Waals surface area contributed by atoms with Crippen molar-refractivity contribution in [3.8, 4) is 22.5 Å². The summed E-state index contributed by atoms with van der Waals surface area (Å²) in [5, 5.41) is 0.814. The number of benzene rings is 3. The van der Waals surface area contributed by atoms with Gasteiger partial charge in [0.05, 0.1) is 5.56 Å². The Morgan fingerprint density at radius 3 is 2.30 bits per heavy atom. The highest BCUT2D eigenvalue weighted by molar-refractivity contribution is 5.84. The molecule has 3 aromatic carbocycles. The van der Waals surface area contributed by atoms with Gasteiger partial charge in [-0.15, -0.1) is 0 Å². The van der Waals surface area contributed by atoms with Gasteiger partial charge in [0, 0.05) is 17.5 Å². The topological polar surface area (TPSA) is 39.2 Å². The van der Waals surface area contributed by atoms with E-state index in [4.69, 9.17) is 10.2 Å². The van der Waals surface area contributed by atoms with Gasteiger partial charge in [-0.2, -0.15) is 13.2 Å². The summed E-state index contributed by atoms with van der Waals surface area (Å²) in [6, 6.07) is 20.1. The van der Waals surface area contributed by atoms with Crippen LogP contribution in [0.3, 0.4) is 0 Å². The van der Waals surface area contributed by atoms with Gasteiger partial charge in [-0.1, -0.05) is 48.5 Å². The van der Waals surface area contributed by atoms with E-state index in [1.165, 1.54) is 6.07 Å². The lowest BCUT2D eigenvalue weighted by molar-refractivity contribution is -0.137. The van der Waals surface area contributed by atoms with Gasteiger partial charge in [-0.25, -0.2) is 0 Å². The highest BCUT2D eigenvalue weighted by Gasteiger charge is 2.34. The van der Waals surface area contributed by atoms with E-state index in [9.17, 15) is 13.2 Å². The molecule has 0 unspecified atom stereocenters. The molecule has 4 rings (SSSR count). The molecule has 0 saturated heterocycles. The molecule has 0 atom stereocenters. The molecular formula is C22H16F3NO. The Morgan fingerprint density at radius 2 is 1.59 bits per heavy atom. The fraction of sp³-hybridized carbons (Fsp3) is 0.0909. The summed E-state index contributed by atoms with van der Waals surface area (Å²) in [5.74, 6) is 0.393. The summed E-state index contributed by atoms with van der Waals surface area (Å²) in [7, 11) is 0. The van der Waals surface area contributed by atoms with E-state index in [-0.39, 0.29) is 5.56 Å². The van der Waals surface area contributed by atoms with Gasteiger partial charge >= 0.3 is 6.18 Å². The largest absolute Gasteiger partial charge is 0.456 e. The highest BCUT2D eigenvalue weighted by atomic mass is 19.4. The Balaban J connectivity index is 1.85. The minimum atomic E-state index is -4.47. The first-order valence-electron chi connectivity index (χ1n) is 8.45. The zero-order valence-electron chi connectivity index (χ0n) is 14.3. The van der Waals surface area contributed by atoms with E-state index >= 15 is 0 Å². The molecule has 0 amide bonds. The first-order chi connectivity index (χ1) is 13.0. The van der Waals surface area contributed by atoms with Crippen LogP contribution in [0.1, 0.15) is 11.1 Å². The van der Waals surface area contributed by atoms with Crippen molar-refractivity contribution in [2.45, 2.75) is 12.7 Å². The van der Waals surface area contributed by atoms with Gasteiger partial charge in [0.15, 0.2) is 0 Å². The van der Waals surface area contributed by atoms with Crippen molar-refractivity contribution < 1.29 is 17.6 Å². The third-order valence-corrected chi connectivity index (χ3v) is 4.51. The Morgan fingerprint density at radius 1 is 0.815 bits per heavy atom. The number of nitrogens with two attached hydrogens (primary N) is 1. The maximum Gasteiger partial charge on any atom is 0.417 e. The summed E-state index contributed by atoms with van der Waals surface area (Å²) in [4.78, 5) is 0. The SMILES string of the molecule is NCc1ccc2oc(-c3ccc(-c4ccccc4)c(C(F)(F)F)c3)cc2c1. The van der Waals surface area contributed by atoms with Gasteiger partial charge in [-0.05, 0) is 41.0 Å². The van der Waals surface area contributed by atoms with Crippen molar-refractivity contribution in [2.24, 2.45) is 5.73 Å². The minimum Gasteiger partial charge on any atom is -0.456 e. The van der Waals surface area contributed by atoms with E-state index in [1.54, 1.807) is 48.5 Å². The van der Waals surface area contributed by atoms with Gasteiger partial charge in [0.25, 0.3) is 0 Å². The summed E-state index contributed by atoms with van der Waals surface area (Å²) >= 11 is 0. The number of hydrogen-bond donors (Lipinski definition) is 1. The predicted octanol–water partition coefficient (Wildman–Crippen LogP) is 6.24. The van der Waals surface area contributed by atoms with E-state index in [0.29, 0.717) is 29.0 Å². The third kappa shape index (κ3) is 3.34. The van der Waals surface area contributed by atoms with Crippen LogP contribution in [0.4, 0.5) is 13.2 Å². The number of rotatable bonds is 3. The van der Waals surface area contributed by atoms with Crippen molar-refractivity contribution in [3.05, 3.63) is 83.9 Å². The number of furan rings is 1. The van der Waals surface area contributed by atoms with Crippen LogP contribution in [-0.4, -0.2) is 0 Å². The summed E-state index contributed by atoms with van der Waals surface area (Å²) in [6.07, 6.45) is -4.47. The summed E-state index contributed by atoms with van der Waals surface area (Å²) in [5.41, 5.74) is 7.56. The standard InChI is InChI=1S/C22H16F3NO/c23-22(24,25)19-11-16(7-8-18(19)15-4-2-1-3-5-15)21-12-17-10-14(13-26)6-9-20(17)27-21/h1-12H,13,26H2. The summed E-state index contributed by atoms with van der Waals surface area (Å²) < 4.78 is 46.8. The molecule has 0 saturated carbocycles. The lowest BCUT2D eigenvalue weighted by Crippen LogP contribution is -2.07. The van der Waals surface area contributed by atoms with Crippen molar-refractivity contribution in [2.75, 3.05) is 0 Å². The van der Waals surface area contributed by atoms with E-state index < -0.39 is 11.7 Å². The second-order valence-electron chi connectivity index (χ2n) is 6.31. The Hall–Kier alpha value is -3.05. The molecule has 2 nitrogen and oxygen atoms in total. The van der Waals surface area contributed by atoms with Crippen molar-refractivity contribution in [1.82, 2.24) is 0 Å². The van der Waals surface area contributed by atoms with E-state index in [2.05, 4.69) is 0 Å². The number of fused-ring (bicyclic) bond motifs is 1. The molecule has 5 heteroatoms. The molecular weight excluding hydrogens is 351 g/mol. The average Bonchev–Trinajstić information content (AvgIpc) is 3.10. The predicted molar refractivity (Wildman–Crippen MR) is 100.0 cm³/mol. The second kappa shape index (κ2) is 6.59. The van der Waals surface area contributed by atoms with E-state index in [1.807, 2.05) is 12.1 Å². The Labute approximate surface area is 154 Å².